The second kappa shape index (κ2) is 5.66. The van der Waals surface area contributed by atoms with Crippen molar-refractivity contribution in [3.8, 4) is 0 Å². The first-order chi connectivity index (χ1) is 7.58. The Balaban J connectivity index is 2.60. The summed E-state index contributed by atoms with van der Waals surface area (Å²) < 4.78 is 5.52. The highest BCUT2D eigenvalue weighted by molar-refractivity contribution is 5.76. The van der Waals surface area contributed by atoms with Crippen molar-refractivity contribution >= 4 is 5.97 Å². The van der Waals surface area contributed by atoms with Crippen molar-refractivity contribution < 1.29 is 14.6 Å². The third-order valence-electron chi connectivity index (χ3n) is 2.58. The molecule has 1 unspecified atom stereocenters. The first-order valence-electron chi connectivity index (χ1n) is 5.50. The van der Waals surface area contributed by atoms with E-state index in [0.29, 0.717) is 13.0 Å². The third kappa shape index (κ3) is 3.35. The van der Waals surface area contributed by atoms with Gasteiger partial charge in [-0.3, -0.25) is 0 Å². The van der Waals surface area contributed by atoms with Crippen LogP contribution in [0.1, 0.15) is 32.3 Å². The maximum atomic E-state index is 11.1. The molecule has 1 N–H and O–H groups in total. The van der Waals surface area contributed by atoms with Crippen molar-refractivity contribution in [3.05, 3.63) is 35.9 Å². The Morgan fingerprint density at radius 3 is 2.50 bits per heavy atom. The van der Waals surface area contributed by atoms with Crippen molar-refractivity contribution in [2.24, 2.45) is 0 Å². The number of aliphatic carboxylic acids is 1. The third-order valence-corrected chi connectivity index (χ3v) is 2.58. The molecule has 16 heavy (non-hydrogen) atoms. The summed E-state index contributed by atoms with van der Waals surface area (Å²) in [6.45, 7) is 3.92. The van der Waals surface area contributed by atoms with Crippen LogP contribution in [-0.2, 0) is 16.1 Å². The molecule has 1 aromatic carbocycles. The van der Waals surface area contributed by atoms with Gasteiger partial charge in [-0.1, -0.05) is 43.7 Å². The summed E-state index contributed by atoms with van der Waals surface area (Å²) in [5.41, 5.74) is -0.0870. The van der Waals surface area contributed by atoms with Gasteiger partial charge in [-0.2, -0.15) is 0 Å². The van der Waals surface area contributed by atoms with E-state index in [1.807, 2.05) is 37.3 Å². The van der Waals surface area contributed by atoms with Gasteiger partial charge in [0.2, 0.25) is 0 Å². The molecular weight excluding hydrogens is 204 g/mol. The standard InChI is InChI=1S/C13H18O3/c1-3-9-13(2,12(14)15)16-10-11-7-5-4-6-8-11/h4-8H,3,9-10H2,1-2H3,(H,14,15). The van der Waals surface area contributed by atoms with Gasteiger partial charge in [0.1, 0.15) is 0 Å². The maximum Gasteiger partial charge on any atom is 0.335 e. The number of rotatable bonds is 6. The van der Waals surface area contributed by atoms with Crippen molar-refractivity contribution in [2.75, 3.05) is 0 Å². The highest BCUT2D eigenvalue weighted by atomic mass is 16.5. The molecular formula is C13H18O3. The van der Waals surface area contributed by atoms with Crippen LogP contribution in [0.2, 0.25) is 0 Å². The van der Waals surface area contributed by atoms with Gasteiger partial charge >= 0.3 is 5.97 Å². The first kappa shape index (κ1) is 12.7. The largest absolute Gasteiger partial charge is 0.479 e. The molecule has 0 aromatic heterocycles. The van der Waals surface area contributed by atoms with Crippen LogP contribution >= 0.6 is 0 Å². The Hall–Kier alpha value is -1.35. The number of benzene rings is 1. The fourth-order valence-corrected chi connectivity index (χ4v) is 1.53. The van der Waals surface area contributed by atoms with Crippen molar-refractivity contribution in [2.45, 2.75) is 38.9 Å². The lowest BCUT2D eigenvalue weighted by Crippen LogP contribution is -2.38. The average molecular weight is 222 g/mol. The molecule has 3 nitrogen and oxygen atoms in total. The Bertz CT molecular complexity index is 334. The summed E-state index contributed by atoms with van der Waals surface area (Å²) in [7, 11) is 0. The highest BCUT2D eigenvalue weighted by Crippen LogP contribution is 2.20. The molecule has 0 saturated heterocycles. The molecule has 0 aliphatic carbocycles. The number of hydrogen-bond acceptors (Lipinski definition) is 2. The van der Waals surface area contributed by atoms with Crippen LogP contribution in [0.15, 0.2) is 30.3 Å². The highest BCUT2D eigenvalue weighted by Gasteiger charge is 2.32. The van der Waals surface area contributed by atoms with Gasteiger partial charge < -0.3 is 9.84 Å². The van der Waals surface area contributed by atoms with Gasteiger partial charge in [0.05, 0.1) is 6.61 Å². The zero-order valence-corrected chi connectivity index (χ0v) is 9.77. The van der Waals surface area contributed by atoms with Gasteiger partial charge in [-0.25, -0.2) is 4.79 Å². The molecule has 0 radical (unpaired) electrons. The lowest BCUT2D eigenvalue weighted by molar-refractivity contribution is -0.166. The van der Waals surface area contributed by atoms with Gasteiger partial charge in [-0.15, -0.1) is 0 Å². The van der Waals surface area contributed by atoms with Crippen LogP contribution in [0, 0.1) is 0 Å². The zero-order chi connectivity index (χ0) is 12.0. The molecule has 0 aliphatic heterocycles. The monoisotopic (exact) mass is 222 g/mol. The Labute approximate surface area is 96.1 Å². The van der Waals surface area contributed by atoms with Crippen LogP contribution < -0.4 is 0 Å². The SMILES string of the molecule is CCCC(C)(OCc1ccccc1)C(=O)O. The number of ether oxygens (including phenoxy) is 1. The summed E-state index contributed by atoms with van der Waals surface area (Å²) in [5.74, 6) is -0.898. The predicted octanol–water partition coefficient (Wildman–Crippen LogP) is 2.85. The molecule has 1 aromatic rings. The van der Waals surface area contributed by atoms with E-state index < -0.39 is 11.6 Å². The quantitative estimate of drug-likeness (QED) is 0.805. The molecule has 88 valence electrons. The molecule has 0 bridgehead atoms. The van der Waals surface area contributed by atoms with Crippen LogP contribution in [0.25, 0.3) is 0 Å². The number of carbonyl (C=O) groups is 1. The lowest BCUT2D eigenvalue weighted by Gasteiger charge is -2.24. The average Bonchev–Trinajstić information content (AvgIpc) is 2.28. The van der Waals surface area contributed by atoms with Gasteiger partial charge in [0.15, 0.2) is 5.60 Å². The predicted molar refractivity (Wildman–Crippen MR) is 62.2 cm³/mol. The Morgan fingerprint density at radius 1 is 1.38 bits per heavy atom. The summed E-state index contributed by atoms with van der Waals surface area (Å²) in [5, 5.41) is 9.12. The van der Waals surface area contributed by atoms with Gasteiger partial charge in [-0.05, 0) is 18.9 Å². The number of carboxylic acids is 1. The topological polar surface area (TPSA) is 46.5 Å². The second-order valence-corrected chi connectivity index (χ2v) is 4.06. The zero-order valence-electron chi connectivity index (χ0n) is 9.77. The second-order valence-electron chi connectivity index (χ2n) is 4.06. The van der Waals surface area contributed by atoms with E-state index in [2.05, 4.69) is 0 Å². The van der Waals surface area contributed by atoms with Crippen LogP contribution in [-0.4, -0.2) is 16.7 Å². The van der Waals surface area contributed by atoms with E-state index in [0.717, 1.165) is 12.0 Å². The first-order valence-corrected chi connectivity index (χ1v) is 5.50. The molecule has 0 amide bonds. The lowest BCUT2D eigenvalue weighted by atomic mass is 10.0. The summed E-state index contributed by atoms with van der Waals surface area (Å²) >= 11 is 0. The number of hydrogen-bond donors (Lipinski definition) is 1. The molecule has 0 heterocycles. The van der Waals surface area contributed by atoms with E-state index in [-0.39, 0.29) is 0 Å². The van der Waals surface area contributed by atoms with Gasteiger partial charge in [0, 0.05) is 0 Å². The van der Waals surface area contributed by atoms with Crippen molar-refractivity contribution in [1.29, 1.82) is 0 Å². The van der Waals surface area contributed by atoms with Gasteiger partial charge in [0.25, 0.3) is 0 Å². The van der Waals surface area contributed by atoms with Crippen LogP contribution in [0.4, 0.5) is 0 Å². The van der Waals surface area contributed by atoms with Crippen LogP contribution in [0.5, 0.6) is 0 Å². The molecule has 3 heteroatoms. The fraction of sp³-hybridized carbons (Fsp3) is 0.462. The Kier molecular flexibility index (Phi) is 4.50. The molecule has 1 rings (SSSR count). The summed E-state index contributed by atoms with van der Waals surface area (Å²) in [6.07, 6.45) is 1.31. The molecule has 1 atom stereocenters. The van der Waals surface area contributed by atoms with E-state index in [9.17, 15) is 4.79 Å². The van der Waals surface area contributed by atoms with Crippen LogP contribution in [0.3, 0.4) is 0 Å². The van der Waals surface area contributed by atoms with E-state index in [1.165, 1.54) is 0 Å². The fourth-order valence-electron chi connectivity index (χ4n) is 1.53. The van der Waals surface area contributed by atoms with E-state index >= 15 is 0 Å². The van der Waals surface area contributed by atoms with Crippen molar-refractivity contribution in [1.82, 2.24) is 0 Å². The van der Waals surface area contributed by atoms with E-state index in [1.54, 1.807) is 6.92 Å². The minimum atomic E-state index is -1.08. The smallest absolute Gasteiger partial charge is 0.335 e. The molecule has 0 aliphatic rings. The summed E-state index contributed by atoms with van der Waals surface area (Å²) in [6, 6.07) is 9.60. The maximum absolute atomic E-state index is 11.1. The summed E-state index contributed by atoms with van der Waals surface area (Å²) in [4.78, 5) is 11.1. The minimum Gasteiger partial charge on any atom is -0.479 e. The molecule has 0 spiro atoms. The Morgan fingerprint density at radius 2 is 2.00 bits per heavy atom. The van der Waals surface area contributed by atoms with E-state index in [4.69, 9.17) is 9.84 Å². The van der Waals surface area contributed by atoms with Crippen molar-refractivity contribution in [3.63, 3.8) is 0 Å². The normalized spacial score (nSPS) is 14.4. The number of carboxylic acid groups (broad SMARTS) is 1. The molecule has 0 fully saturated rings. The molecule has 0 saturated carbocycles. The minimum absolute atomic E-state index is 0.337.